The van der Waals surface area contributed by atoms with Gasteiger partial charge in [-0.2, -0.15) is 0 Å². The van der Waals surface area contributed by atoms with E-state index in [-0.39, 0.29) is 5.15 Å². The number of anilines is 1. The molecule has 8 heteroatoms. The Bertz CT molecular complexity index is 567. The molecule has 0 radical (unpaired) electrons. The van der Waals surface area contributed by atoms with Crippen molar-refractivity contribution in [3.63, 3.8) is 0 Å². The minimum absolute atomic E-state index is 0.157. The number of methoxy groups -OCH3 is 1. The molecule has 0 unspecified atom stereocenters. The summed E-state index contributed by atoms with van der Waals surface area (Å²) in [6.07, 6.45) is 0. The number of halogens is 1. The number of nitrogens with one attached hydrogen (secondary N) is 1. The van der Waals surface area contributed by atoms with E-state index in [2.05, 4.69) is 20.0 Å². The van der Waals surface area contributed by atoms with Crippen LogP contribution in [0.5, 0.6) is 0 Å². The molecule has 0 aliphatic heterocycles. The van der Waals surface area contributed by atoms with Crippen LogP contribution < -0.4 is 5.32 Å². The molecular formula is C10H10ClN3O2S2. The fraction of sp³-hybridized carbons (Fsp3) is 0.300. The van der Waals surface area contributed by atoms with Gasteiger partial charge < -0.3 is 10.1 Å². The molecule has 0 fully saturated rings. The summed E-state index contributed by atoms with van der Waals surface area (Å²) in [6.45, 7) is 2.50. The van der Waals surface area contributed by atoms with Gasteiger partial charge in [-0.25, -0.2) is 14.8 Å². The number of carbonyl (C=O) groups excluding carboxylic acids is 1. The second-order valence-corrected chi connectivity index (χ2v) is 5.67. The first-order valence-corrected chi connectivity index (χ1v) is 7.07. The molecule has 96 valence electrons. The standard InChI is InChI=1S/C10H10ClN3O2S2/c1-5-4-17-6(13-5)3-12-10-14-8(11)7(18-10)9(15)16-2/h4H,3H2,1-2H3,(H,12,14). The van der Waals surface area contributed by atoms with Crippen molar-refractivity contribution in [3.8, 4) is 0 Å². The molecule has 0 saturated heterocycles. The summed E-state index contributed by atoms with van der Waals surface area (Å²) in [5, 5.41) is 6.75. The monoisotopic (exact) mass is 303 g/mol. The molecule has 0 aliphatic rings. The number of aromatic nitrogens is 2. The number of ether oxygens (including phenoxy) is 1. The molecule has 0 aliphatic carbocycles. The summed E-state index contributed by atoms with van der Waals surface area (Å²) in [5.74, 6) is -0.476. The number of nitrogens with zero attached hydrogens (tertiary/aromatic N) is 2. The zero-order valence-electron chi connectivity index (χ0n) is 9.69. The van der Waals surface area contributed by atoms with Gasteiger partial charge in [-0.15, -0.1) is 11.3 Å². The number of carbonyl (C=O) groups is 1. The molecule has 18 heavy (non-hydrogen) atoms. The quantitative estimate of drug-likeness (QED) is 0.880. The van der Waals surface area contributed by atoms with Crippen LogP contribution in [0, 0.1) is 6.92 Å². The molecule has 2 heterocycles. The van der Waals surface area contributed by atoms with E-state index in [0.717, 1.165) is 10.7 Å². The van der Waals surface area contributed by atoms with Gasteiger partial charge in [0.05, 0.1) is 13.7 Å². The van der Waals surface area contributed by atoms with Gasteiger partial charge in [0.1, 0.15) is 5.01 Å². The molecule has 5 nitrogen and oxygen atoms in total. The molecule has 2 aromatic rings. The third kappa shape index (κ3) is 2.98. The normalized spacial score (nSPS) is 10.4. The lowest BCUT2D eigenvalue weighted by Crippen LogP contribution is -1.98. The molecule has 0 saturated carbocycles. The van der Waals surface area contributed by atoms with Crippen molar-refractivity contribution in [3.05, 3.63) is 26.1 Å². The van der Waals surface area contributed by atoms with Crippen molar-refractivity contribution >= 4 is 45.4 Å². The van der Waals surface area contributed by atoms with Gasteiger partial charge in [-0.3, -0.25) is 0 Å². The molecule has 1 N–H and O–H groups in total. The maximum atomic E-state index is 11.4. The predicted octanol–water partition coefficient (Wildman–Crippen LogP) is 2.96. The van der Waals surface area contributed by atoms with Crippen LogP contribution in [0.4, 0.5) is 5.13 Å². The van der Waals surface area contributed by atoms with E-state index in [1.165, 1.54) is 18.4 Å². The van der Waals surface area contributed by atoms with E-state index in [4.69, 9.17) is 11.6 Å². The van der Waals surface area contributed by atoms with Gasteiger partial charge in [0.2, 0.25) is 0 Å². The summed E-state index contributed by atoms with van der Waals surface area (Å²) in [6, 6.07) is 0. The van der Waals surface area contributed by atoms with Gasteiger partial charge in [0, 0.05) is 11.1 Å². The van der Waals surface area contributed by atoms with Crippen LogP contribution in [-0.4, -0.2) is 23.0 Å². The van der Waals surface area contributed by atoms with Crippen LogP contribution in [0.3, 0.4) is 0 Å². The predicted molar refractivity (Wildman–Crippen MR) is 72.6 cm³/mol. The zero-order chi connectivity index (χ0) is 13.1. The van der Waals surface area contributed by atoms with Crippen molar-refractivity contribution in [1.29, 1.82) is 0 Å². The van der Waals surface area contributed by atoms with Crippen molar-refractivity contribution in [2.75, 3.05) is 12.4 Å². The first-order chi connectivity index (χ1) is 8.60. The minimum Gasteiger partial charge on any atom is -0.465 e. The topological polar surface area (TPSA) is 64.1 Å². The zero-order valence-corrected chi connectivity index (χ0v) is 12.1. The fourth-order valence-electron chi connectivity index (χ4n) is 1.23. The Labute approximate surface area is 117 Å². The van der Waals surface area contributed by atoms with E-state index in [1.807, 2.05) is 12.3 Å². The average Bonchev–Trinajstić information content (AvgIpc) is 2.92. The Kier molecular flexibility index (Phi) is 4.15. The van der Waals surface area contributed by atoms with Crippen LogP contribution in [0.15, 0.2) is 5.38 Å². The number of esters is 1. The smallest absolute Gasteiger partial charge is 0.351 e. The van der Waals surface area contributed by atoms with Crippen molar-refractivity contribution in [2.45, 2.75) is 13.5 Å². The Hall–Kier alpha value is -1.18. The molecule has 2 aromatic heterocycles. The first-order valence-electron chi connectivity index (χ1n) is 4.99. The Morgan fingerprint density at radius 3 is 2.94 bits per heavy atom. The van der Waals surface area contributed by atoms with Gasteiger partial charge >= 0.3 is 5.97 Å². The van der Waals surface area contributed by atoms with E-state index >= 15 is 0 Å². The highest BCUT2D eigenvalue weighted by molar-refractivity contribution is 7.18. The van der Waals surface area contributed by atoms with E-state index in [0.29, 0.717) is 16.6 Å². The lowest BCUT2D eigenvalue weighted by atomic mass is 10.6. The highest BCUT2D eigenvalue weighted by atomic mass is 35.5. The average molecular weight is 304 g/mol. The number of thiazole rings is 2. The number of aryl methyl sites for hydroxylation is 1. The molecule has 0 aromatic carbocycles. The summed E-state index contributed by atoms with van der Waals surface area (Å²) in [5.41, 5.74) is 0.990. The number of hydrogen-bond acceptors (Lipinski definition) is 7. The number of hydrogen-bond donors (Lipinski definition) is 1. The van der Waals surface area contributed by atoms with Gasteiger partial charge in [-0.05, 0) is 6.92 Å². The van der Waals surface area contributed by atoms with E-state index in [1.54, 1.807) is 11.3 Å². The van der Waals surface area contributed by atoms with Crippen LogP contribution in [0.25, 0.3) is 0 Å². The second kappa shape index (κ2) is 5.64. The van der Waals surface area contributed by atoms with Crippen molar-refractivity contribution in [1.82, 2.24) is 9.97 Å². The SMILES string of the molecule is COC(=O)c1sc(NCc2nc(C)cs2)nc1Cl. The third-order valence-corrected chi connectivity index (χ3v) is 4.36. The van der Waals surface area contributed by atoms with Gasteiger partial charge in [0.25, 0.3) is 0 Å². The summed E-state index contributed by atoms with van der Waals surface area (Å²) in [7, 11) is 1.31. The Morgan fingerprint density at radius 2 is 2.33 bits per heavy atom. The maximum Gasteiger partial charge on any atom is 0.351 e. The molecule has 0 amide bonds. The van der Waals surface area contributed by atoms with Gasteiger partial charge in [0.15, 0.2) is 15.2 Å². The fourth-order valence-corrected chi connectivity index (χ4v) is 3.04. The van der Waals surface area contributed by atoms with Crippen LogP contribution >= 0.6 is 34.3 Å². The van der Waals surface area contributed by atoms with Crippen LogP contribution in [0.2, 0.25) is 5.15 Å². The minimum atomic E-state index is -0.476. The highest BCUT2D eigenvalue weighted by Crippen LogP contribution is 2.27. The lowest BCUT2D eigenvalue weighted by Gasteiger charge is -1.97. The summed E-state index contributed by atoms with van der Waals surface area (Å²) >= 11 is 8.59. The molecule has 0 bridgehead atoms. The summed E-state index contributed by atoms with van der Waals surface area (Å²) < 4.78 is 4.61. The van der Waals surface area contributed by atoms with Crippen LogP contribution in [-0.2, 0) is 11.3 Å². The Morgan fingerprint density at radius 1 is 1.56 bits per heavy atom. The van der Waals surface area contributed by atoms with E-state index < -0.39 is 5.97 Å². The van der Waals surface area contributed by atoms with E-state index in [9.17, 15) is 4.79 Å². The molecule has 0 atom stereocenters. The second-order valence-electron chi connectivity index (χ2n) is 3.37. The molecular weight excluding hydrogens is 294 g/mol. The largest absolute Gasteiger partial charge is 0.465 e. The summed E-state index contributed by atoms with van der Waals surface area (Å²) in [4.78, 5) is 20.0. The Balaban J connectivity index is 2.04. The van der Waals surface area contributed by atoms with Crippen molar-refractivity contribution in [2.24, 2.45) is 0 Å². The number of rotatable bonds is 4. The van der Waals surface area contributed by atoms with Crippen LogP contribution in [0.1, 0.15) is 20.4 Å². The third-order valence-electron chi connectivity index (χ3n) is 2.01. The maximum absolute atomic E-state index is 11.4. The molecule has 2 rings (SSSR count). The first kappa shape index (κ1) is 13.3. The highest BCUT2D eigenvalue weighted by Gasteiger charge is 2.17. The molecule has 0 spiro atoms. The lowest BCUT2D eigenvalue weighted by molar-refractivity contribution is 0.0606. The van der Waals surface area contributed by atoms with Gasteiger partial charge in [-0.1, -0.05) is 22.9 Å². The van der Waals surface area contributed by atoms with Crippen molar-refractivity contribution < 1.29 is 9.53 Å².